The van der Waals surface area contributed by atoms with Crippen LogP contribution in [0.2, 0.25) is 0 Å². The topological polar surface area (TPSA) is 140 Å². The van der Waals surface area contributed by atoms with Crippen molar-refractivity contribution in [3.05, 3.63) is 35.9 Å². The number of hydrogen-bond donors (Lipinski definition) is 0. The van der Waals surface area contributed by atoms with Gasteiger partial charge in [-0.1, -0.05) is 30.3 Å². The van der Waals surface area contributed by atoms with E-state index in [1.165, 1.54) is 0 Å². The van der Waals surface area contributed by atoms with Crippen LogP contribution >= 0.6 is 0 Å². The molecule has 0 N–H and O–H groups in total. The van der Waals surface area contributed by atoms with Crippen molar-refractivity contribution in [2.45, 2.75) is 113 Å². The summed E-state index contributed by atoms with van der Waals surface area (Å²) >= 11 is 0. The molecule has 0 aliphatic carbocycles. The van der Waals surface area contributed by atoms with Crippen LogP contribution in [-0.2, 0) is 63.4 Å². The molecule has 42 heavy (non-hydrogen) atoms. The van der Waals surface area contributed by atoms with Crippen molar-refractivity contribution < 1.29 is 55.0 Å². The predicted octanol–water partition coefficient (Wildman–Crippen LogP) is 2.14. The molecule has 0 bridgehead atoms. The molecule has 14 heteroatoms. The Morgan fingerprint density at radius 1 is 0.833 bits per heavy atom. The zero-order chi connectivity index (χ0) is 30.1. The van der Waals surface area contributed by atoms with Gasteiger partial charge in [0.2, 0.25) is 10.4 Å². The standard InChI is InChI=1S/C28H40O12S2/c1-26(2)32-12-17(36-26)21-22(40-42(29,30)31)19(34-25(35-21)16-10-8-7-9-11-16)14-41-15-20-23(39-28(5,6)38-20)24(41)18-13-33-27(3,4)37-18/h7-11,17-25H,12-15H2,1-6H3/t17-,18+,19+,20-,21-,22-,23-,24+,25?,41?/m1/s1. The summed E-state index contributed by atoms with van der Waals surface area (Å²) in [5.74, 6) is -1.42. The van der Waals surface area contributed by atoms with Crippen LogP contribution in [0.4, 0.5) is 0 Å². The molecule has 2 unspecified atom stereocenters. The van der Waals surface area contributed by atoms with E-state index in [1.807, 2.05) is 58.0 Å². The first-order chi connectivity index (χ1) is 19.6. The molecule has 5 aliphatic rings. The van der Waals surface area contributed by atoms with Crippen LogP contribution in [0.5, 0.6) is 0 Å². The van der Waals surface area contributed by atoms with E-state index < -0.39 is 69.4 Å². The minimum atomic E-state index is -5.14. The number of ether oxygens (including phenoxy) is 8. The van der Waals surface area contributed by atoms with E-state index >= 15 is 0 Å². The van der Waals surface area contributed by atoms with Gasteiger partial charge in [-0.2, -0.15) is 0 Å². The van der Waals surface area contributed by atoms with Crippen molar-refractivity contribution in [2.24, 2.45) is 0 Å². The molecule has 1 aromatic rings. The fraction of sp³-hybridized carbons (Fsp3) is 0.786. The molecule has 0 amide bonds. The van der Waals surface area contributed by atoms with Gasteiger partial charge in [0.15, 0.2) is 28.9 Å². The lowest BCUT2D eigenvalue weighted by atomic mass is 10.0. The molecule has 12 nitrogen and oxygen atoms in total. The van der Waals surface area contributed by atoms with Gasteiger partial charge in [0.1, 0.15) is 54.2 Å². The summed E-state index contributed by atoms with van der Waals surface area (Å²) in [7, 11) is -5.60. The van der Waals surface area contributed by atoms with Gasteiger partial charge in [-0.25, -0.2) is 8.42 Å². The lowest BCUT2D eigenvalue weighted by Gasteiger charge is -2.43. The monoisotopic (exact) mass is 632 g/mol. The summed E-state index contributed by atoms with van der Waals surface area (Å²) < 4.78 is 90.9. The van der Waals surface area contributed by atoms with Gasteiger partial charge in [0, 0.05) is 16.5 Å². The average molecular weight is 633 g/mol. The average Bonchev–Trinajstić information content (AvgIpc) is 3.59. The van der Waals surface area contributed by atoms with Crippen LogP contribution in [0, 0.1) is 0 Å². The maximum Gasteiger partial charge on any atom is 0.218 e. The van der Waals surface area contributed by atoms with Crippen LogP contribution in [0.3, 0.4) is 0 Å². The summed E-state index contributed by atoms with van der Waals surface area (Å²) in [5.41, 5.74) is 0.736. The lowest BCUT2D eigenvalue weighted by molar-refractivity contribution is -0.299. The van der Waals surface area contributed by atoms with Crippen molar-refractivity contribution in [2.75, 3.05) is 24.7 Å². The van der Waals surface area contributed by atoms with Gasteiger partial charge in [-0.05, 0) is 41.5 Å². The molecule has 10 atom stereocenters. The third-order valence-corrected chi connectivity index (χ3v) is 11.4. The highest BCUT2D eigenvalue weighted by molar-refractivity contribution is 7.97. The molecule has 0 radical (unpaired) electrons. The highest BCUT2D eigenvalue weighted by Gasteiger charge is 2.65. The number of rotatable bonds is 7. The second-order valence-electron chi connectivity index (χ2n) is 12.7. The molecule has 1 aromatic carbocycles. The van der Waals surface area contributed by atoms with Crippen LogP contribution in [-0.4, -0.2) is 103 Å². The minimum Gasteiger partial charge on any atom is -0.726 e. The number of fused-ring (bicyclic) bond motifs is 1. The van der Waals surface area contributed by atoms with Gasteiger partial charge in [-0.3, -0.25) is 4.18 Å². The minimum absolute atomic E-state index is 0.117. The molecule has 5 aliphatic heterocycles. The maximum absolute atomic E-state index is 12.1. The van der Waals surface area contributed by atoms with Gasteiger partial charge in [0.25, 0.3) is 0 Å². The second-order valence-corrected chi connectivity index (χ2v) is 16.0. The van der Waals surface area contributed by atoms with Crippen molar-refractivity contribution in [1.29, 1.82) is 0 Å². The highest BCUT2D eigenvalue weighted by atomic mass is 32.3. The Kier molecular flexibility index (Phi) is 8.28. The molecular weight excluding hydrogens is 592 g/mol. The Morgan fingerprint density at radius 2 is 1.45 bits per heavy atom. The van der Waals surface area contributed by atoms with Gasteiger partial charge < -0.3 is 42.4 Å². The highest BCUT2D eigenvalue weighted by Crippen LogP contribution is 2.45. The van der Waals surface area contributed by atoms with E-state index in [1.54, 1.807) is 13.8 Å². The molecule has 0 spiro atoms. The van der Waals surface area contributed by atoms with Crippen molar-refractivity contribution >= 4 is 21.3 Å². The fourth-order valence-corrected chi connectivity index (χ4v) is 10.1. The molecular formula is C28H40O12S2. The van der Waals surface area contributed by atoms with Crippen LogP contribution in [0.25, 0.3) is 0 Å². The van der Waals surface area contributed by atoms with E-state index in [2.05, 4.69) is 0 Å². The van der Waals surface area contributed by atoms with Crippen LogP contribution in [0.15, 0.2) is 30.3 Å². The van der Waals surface area contributed by atoms with E-state index in [0.29, 0.717) is 18.1 Å². The van der Waals surface area contributed by atoms with Crippen molar-refractivity contribution in [3.8, 4) is 0 Å². The summed E-state index contributed by atoms with van der Waals surface area (Å²) in [6, 6.07) is 9.33. The van der Waals surface area contributed by atoms with Gasteiger partial charge in [-0.15, -0.1) is 0 Å². The molecule has 5 saturated heterocycles. The fourth-order valence-electron chi connectivity index (χ4n) is 6.51. The number of benzene rings is 1. The SMILES string of the molecule is CC1(C)OC[C@@H]([C@H]2[C@@H]3OC(C)(C)O[C@@H]3C[S+]2C[C@@H]2OC(c3ccccc3)O[C@H]([C@H]3COC(C)(C)O3)[C@@H]2OS(=O)(=O)[O-])O1. The Hall–Kier alpha value is -0.880. The molecule has 0 saturated carbocycles. The summed E-state index contributed by atoms with van der Waals surface area (Å²) in [6.45, 7) is 11.6. The quantitative estimate of drug-likeness (QED) is 0.247. The van der Waals surface area contributed by atoms with Gasteiger partial charge >= 0.3 is 0 Å². The van der Waals surface area contributed by atoms with Crippen LogP contribution < -0.4 is 0 Å². The zero-order valence-corrected chi connectivity index (χ0v) is 26.3. The molecule has 236 valence electrons. The van der Waals surface area contributed by atoms with Crippen LogP contribution in [0.1, 0.15) is 53.4 Å². The third kappa shape index (κ3) is 6.70. The maximum atomic E-state index is 12.1. The van der Waals surface area contributed by atoms with E-state index in [9.17, 15) is 13.0 Å². The van der Waals surface area contributed by atoms with Crippen molar-refractivity contribution in [1.82, 2.24) is 0 Å². The third-order valence-electron chi connectivity index (χ3n) is 8.05. The first kappa shape index (κ1) is 31.1. The smallest absolute Gasteiger partial charge is 0.218 e. The normalized spacial score (nSPS) is 42.5. The largest absolute Gasteiger partial charge is 0.726 e. The first-order valence-electron chi connectivity index (χ1n) is 14.2. The molecule has 5 heterocycles. The Labute approximate surface area is 249 Å². The molecule has 5 fully saturated rings. The van der Waals surface area contributed by atoms with E-state index in [4.69, 9.17) is 42.1 Å². The summed E-state index contributed by atoms with van der Waals surface area (Å²) in [5, 5.41) is -0.117. The Morgan fingerprint density at radius 3 is 2.05 bits per heavy atom. The first-order valence-corrected chi connectivity index (χ1v) is 17.2. The lowest BCUT2D eigenvalue weighted by Crippen LogP contribution is -2.58. The predicted molar refractivity (Wildman–Crippen MR) is 148 cm³/mol. The summed E-state index contributed by atoms with van der Waals surface area (Å²) in [6.07, 6.45) is -5.37. The zero-order valence-electron chi connectivity index (χ0n) is 24.6. The Balaban J connectivity index is 1.33. The molecule has 6 rings (SSSR count). The van der Waals surface area contributed by atoms with E-state index in [0.717, 1.165) is 5.56 Å². The molecule has 0 aromatic heterocycles. The second kappa shape index (κ2) is 11.2. The van der Waals surface area contributed by atoms with Gasteiger partial charge in [0.05, 0.1) is 13.2 Å². The van der Waals surface area contributed by atoms with E-state index in [-0.39, 0.29) is 30.2 Å². The summed E-state index contributed by atoms with van der Waals surface area (Å²) in [4.78, 5) is 0. The van der Waals surface area contributed by atoms with Crippen molar-refractivity contribution in [3.63, 3.8) is 0 Å². The Bertz CT molecular complexity index is 1220. The number of hydrogen-bond acceptors (Lipinski definition) is 12.